The molecule has 1 aromatic carbocycles. The molecule has 0 bridgehead atoms. The highest BCUT2D eigenvalue weighted by Gasteiger charge is 2.18. The molecule has 19 heavy (non-hydrogen) atoms. The Kier molecular flexibility index (Phi) is 3.12. The van der Waals surface area contributed by atoms with Gasteiger partial charge in [0.15, 0.2) is 5.75 Å². The first-order valence-corrected chi connectivity index (χ1v) is 5.59. The van der Waals surface area contributed by atoms with Gasteiger partial charge in [-0.15, -0.1) is 0 Å². The van der Waals surface area contributed by atoms with E-state index in [1.807, 2.05) is 0 Å². The lowest BCUT2D eigenvalue weighted by Gasteiger charge is -2.12. The van der Waals surface area contributed by atoms with Crippen LogP contribution in [-0.4, -0.2) is 21.7 Å². The number of nitrogens with zero attached hydrogens (tertiary/aromatic N) is 2. The lowest BCUT2D eigenvalue weighted by molar-refractivity contribution is -0.384. The van der Waals surface area contributed by atoms with Gasteiger partial charge in [-0.3, -0.25) is 14.9 Å². The lowest BCUT2D eigenvalue weighted by Crippen LogP contribution is -2.20. The molecular weight excluding hydrogens is 252 g/mol. The van der Waals surface area contributed by atoms with Crippen LogP contribution < -0.4 is 10.3 Å². The van der Waals surface area contributed by atoms with Crippen LogP contribution in [-0.2, 0) is 6.54 Å². The van der Waals surface area contributed by atoms with Crippen LogP contribution >= 0.6 is 0 Å². The van der Waals surface area contributed by atoms with Crippen LogP contribution in [0.4, 0.5) is 5.69 Å². The molecule has 0 radical (unpaired) electrons. The molecule has 0 saturated carbocycles. The highest BCUT2D eigenvalue weighted by Crippen LogP contribution is 2.33. The van der Waals surface area contributed by atoms with Gasteiger partial charge in [0, 0.05) is 24.1 Å². The zero-order chi connectivity index (χ0) is 14.2. The molecule has 2 aromatic rings. The molecule has 0 spiro atoms. The summed E-state index contributed by atoms with van der Waals surface area (Å²) in [5.41, 5.74) is -0.398. The summed E-state index contributed by atoms with van der Waals surface area (Å²) >= 11 is 0. The molecule has 7 nitrogen and oxygen atoms in total. The summed E-state index contributed by atoms with van der Waals surface area (Å²) in [5.74, 6) is -0.467. The summed E-state index contributed by atoms with van der Waals surface area (Å²) in [4.78, 5) is 22.2. The van der Waals surface area contributed by atoms with Crippen molar-refractivity contribution in [2.24, 2.45) is 0 Å². The second-order valence-electron chi connectivity index (χ2n) is 3.89. The van der Waals surface area contributed by atoms with Gasteiger partial charge in [-0.05, 0) is 13.0 Å². The van der Waals surface area contributed by atoms with Crippen molar-refractivity contribution in [3.8, 4) is 11.5 Å². The van der Waals surface area contributed by atoms with Gasteiger partial charge in [0.1, 0.15) is 0 Å². The van der Waals surface area contributed by atoms with Gasteiger partial charge in [0.05, 0.1) is 17.5 Å². The molecule has 0 aliphatic carbocycles. The Balaban J connectivity index is 2.97. The summed E-state index contributed by atoms with van der Waals surface area (Å²) in [5, 5.41) is 21.0. The molecule has 0 aliphatic rings. The number of methoxy groups -OCH3 is 1. The zero-order valence-corrected chi connectivity index (χ0v) is 10.4. The Morgan fingerprint density at radius 3 is 2.68 bits per heavy atom. The van der Waals surface area contributed by atoms with Crippen molar-refractivity contribution in [1.29, 1.82) is 0 Å². The maximum absolute atomic E-state index is 11.9. The first kappa shape index (κ1) is 12.9. The molecule has 100 valence electrons. The number of aromatic nitrogens is 1. The molecule has 1 aromatic heterocycles. The molecule has 2 rings (SSSR count). The quantitative estimate of drug-likeness (QED) is 0.671. The maximum Gasteiger partial charge on any atom is 0.297 e. The van der Waals surface area contributed by atoms with Gasteiger partial charge < -0.3 is 14.4 Å². The van der Waals surface area contributed by atoms with Crippen LogP contribution in [0, 0.1) is 10.1 Å². The maximum atomic E-state index is 11.9. The first-order valence-electron chi connectivity index (χ1n) is 5.59. The van der Waals surface area contributed by atoms with Crippen LogP contribution in [0.3, 0.4) is 0 Å². The van der Waals surface area contributed by atoms with Crippen LogP contribution in [0.2, 0.25) is 0 Å². The number of non-ortho nitro benzene ring substituents is 1. The highest BCUT2D eigenvalue weighted by atomic mass is 16.6. The van der Waals surface area contributed by atoms with Crippen molar-refractivity contribution in [2.45, 2.75) is 13.5 Å². The molecular formula is C12H12N2O5. The van der Waals surface area contributed by atoms with Gasteiger partial charge in [-0.1, -0.05) is 0 Å². The Bertz CT molecular complexity index is 720. The van der Waals surface area contributed by atoms with E-state index < -0.39 is 16.2 Å². The predicted octanol–water partition coefficient (Wildman–Crippen LogP) is 1.64. The van der Waals surface area contributed by atoms with Crippen molar-refractivity contribution in [2.75, 3.05) is 7.11 Å². The Labute approximate surface area is 107 Å². The van der Waals surface area contributed by atoms with Gasteiger partial charge in [-0.25, -0.2) is 0 Å². The van der Waals surface area contributed by atoms with Gasteiger partial charge in [0.25, 0.3) is 11.2 Å². The Hall–Kier alpha value is -2.57. The third kappa shape index (κ3) is 1.88. The minimum absolute atomic E-state index is 0.0274. The average Bonchev–Trinajstić information content (AvgIpc) is 2.40. The standard InChI is InChI=1S/C12H12N2O5/c1-3-13-9-6-7(14(17)18)4-5-8(9)11(19-2)10(15)12(13)16/h4-6,15H,3H2,1-2H3. The molecule has 1 N–H and O–H groups in total. The van der Waals surface area contributed by atoms with Crippen molar-refractivity contribution < 1.29 is 14.8 Å². The van der Waals surface area contributed by atoms with Crippen molar-refractivity contribution in [3.05, 3.63) is 38.7 Å². The third-order valence-corrected chi connectivity index (χ3v) is 2.91. The van der Waals surface area contributed by atoms with E-state index in [0.29, 0.717) is 10.9 Å². The van der Waals surface area contributed by atoms with Crippen molar-refractivity contribution in [1.82, 2.24) is 4.57 Å². The van der Waals surface area contributed by atoms with E-state index in [2.05, 4.69) is 0 Å². The van der Waals surface area contributed by atoms with E-state index in [1.54, 1.807) is 6.92 Å². The van der Waals surface area contributed by atoms with E-state index in [-0.39, 0.29) is 18.0 Å². The van der Waals surface area contributed by atoms with Crippen LogP contribution in [0.5, 0.6) is 11.5 Å². The number of hydrogen-bond donors (Lipinski definition) is 1. The zero-order valence-electron chi connectivity index (χ0n) is 10.4. The number of pyridine rings is 1. The molecule has 0 atom stereocenters. The summed E-state index contributed by atoms with van der Waals surface area (Å²) < 4.78 is 6.27. The van der Waals surface area contributed by atoms with Crippen molar-refractivity contribution >= 4 is 16.6 Å². The van der Waals surface area contributed by atoms with Crippen LogP contribution in [0.1, 0.15) is 6.92 Å². The number of nitro groups is 1. The van der Waals surface area contributed by atoms with E-state index in [4.69, 9.17) is 4.74 Å². The summed E-state index contributed by atoms with van der Waals surface area (Å²) in [6.07, 6.45) is 0. The van der Waals surface area contributed by atoms with E-state index >= 15 is 0 Å². The second kappa shape index (κ2) is 4.60. The molecule has 7 heteroatoms. The molecule has 0 unspecified atom stereocenters. The summed E-state index contributed by atoms with van der Waals surface area (Å²) in [6.45, 7) is 2.00. The highest BCUT2D eigenvalue weighted by molar-refractivity contribution is 5.89. The molecule has 0 amide bonds. The average molecular weight is 264 g/mol. The number of ether oxygens (including phenoxy) is 1. The number of benzene rings is 1. The van der Waals surface area contributed by atoms with E-state index in [9.17, 15) is 20.0 Å². The minimum atomic E-state index is -0.632. The first-order chi connectivity index (χ1) is 9.01. The van der Waals surface area contributed by atoms with Crippen molar-refractivity contribution in [3.63, 3.8) is 0 Å². The molecule has 0 fully saturated rings. The largest absolute Gasteiger partial charge is 0.500 e. The molecule has 0 saturated heterocycles. The SMILES string of the molecule is CCn1c(=O)c(O)c(OC)c2ccc([N+](=O)[O-])cc21. The molecule has 1 heterocycles. The van der Waals surface area contributed by atoms with E-state index in [0.717, 1.165) is 0 Å². The number of rotatable bonds is 3. The van der Waals surface area contributed by atoms with Gasteiger partial charge in [0.2, 0.25) is 5.75 Å². The lowest BCUT2D eigenvalue weighted by atomic mass is 10.1. The van der Waals surface area contributed by atoms with Gasteiger partial charge in [-0.2, -0.15) is 0 Å². The normalized spacial score (nSPS) is 10.6. The van der Waals surface area contributed by atoms with Gasteiger partial charge >= 0.3 is 0 Å². The Morgan fingerprint density at radius 1 is 1.47 bits per heavy atom. The Morgan fingerprint density at radius 2 is 2.16 bits per heavy atom. The monoisotopic (exact) mass is 264 g/mol. The topological polar surface area (TPSA) is 94.6 Å². The predicted molar refractivity (Wildman–Crippen MR) is 68.8 cm³/mol. The fourth-order valence-electron chi connectivity index (χ4n) is 2.03. The smallest absolute Gasteiger partial charge is 0.297 e. The van der Waals surface area contributed by atoms with Crippen LogP contribution in [0.25, 0.3) is 10.9 Å². The minimum Gasteiger partial charge on any atom is -0.500 e. The number of fused-ring (bicyclic) bond motifs is 1. The molecule has 0 aliphatic heterocycles. The van der Waals surface area contributed by atoms with E-state index in [1.165, 1.54) is 29.9 Å². The second-order valence-corrected chi connectivity index (χ2v) is 3.89. The fourth-order valence-corrected chi connectivity index (χ4v) is 2.03. The number of aryl methyl sites for hydroxylation is 1. The van der Waals surface area contributed by atoms with Crippen LogP contribution in [0.15, 0.2) is 23.0 Å². The number of hydrogen-bond acceptors (Lipinski definition) is 5. The third-order valence-electron chi connectivity index (χ3n) is 2.91. The summed E-state index contributed by atoms with van der Waals surface area (Å²) in [6, 6.07) is 4.05. The number of aromatic hydroxyl groups is 1. The fraction of sp³-hybridized carbons (Fsp3) is 0.250. The number of nitro benzene ring substituents is 1. The summed E-state index contributed by atoms with van der Waals surface area (Å²) in [7, 11) is 1.33.